The van der Waals surface area contributed by atoms with E-state index >= 15 is 0 Å². The maximum Gasteiger partial charge on any atom is 0.437 e. The maximum absolute atomic E-state index is 11.0. The largest absolute Gasteiger partial charge is 0.437 e. The SMILES string of the molecule is NN=NS(=O)(=O)F. The molecule has 42 valence electrons. The van der Waals surface area contributed by atoms with E-state index in [2.05, 4.69) is 11.1 Å². The van der Waals surface area contributed by atoms with Gasteiger partial charge in [-0.1, -0.05) is 9.11 Å². The van der Waals surface area contributed by atoms with E-state index in [1.807, 2.05) is 4.52 Å². The lowest BCUT2D eigenvalue weighted by atomic mass is 12.8. The lowest BCUT2D eigenvalue weighted by Gasteiger charge is -1.70. The summed E-state index contributed by atoms with van der Waals surface area (Å²) in [4.78, 5) is 0. The highest BCUT2D eigenvalue weighted by Gasteiger charge is 1.98. The molecule has 0 aliphatic heterocycles. The van der Waals surface area contributed by atoms with Gasteiger partial charge in [0.1, 0.15) is 0 Å². The minimum atomic E-state index is -4.84. The third kappa shape index (κ3) is 5.28. The molecule has 0 saturated carbocycles. The van der Waals surface area contributed by atoms with Gasteiger partial charge in [-0.05, 0) is 4.52 Å². The fourth-order valence-electron chi connectivity index (χ4n) is 0.0563. The van der Waals surface area contributed by atoms with Crippen molar-refractivity contribution in [3.05, 3.63) is 0 Å². The molecule has 0 aliphatic rings. The van der Waals surface area contributed by atoms with Crippen molar-refractivity contribution in [2.24, 2.45) is 15.6 Å². The molecule has 0 atom stereocenters. The van der Waals surface area contributed by atoms with Gasteiger partial charge < -0.3 is 5.84 Å². The third-order valence-electron chi connectivity index (χ3n) is 0.145. The van der Waals surface area contributed by atoms with Gasteiger partial charge in [-0.2, -0.15) is 8.42 Å². The molecule has 0 heterocycles. The molecule has 5 nitrogen and oxygen atoms in total. The topological polar surface area (TPSA) is 84.9 Å². The molecule has 0 aromatic heterocycles. The molecule has 0 rings (SSSR count). The van der Waals surface area contributed by atoms with Crippen LogP contribution >= 0.6 is 0 Å². The van der Waals surface area contributed by atoms with Crippen molar-refractivity contribution in [3.8, 4) is 0 Å². The lowest BCUT2D eigenvalue weighted by Crippen LogP contribution is -1.83. The van der Waals surface area contributed by atoms with E-state index in [1.165, 1.54) is 0 Å². The quantitative estimate of drug-likeness (QED) is 0.223. The van der Waals surface area contributed by atoms with Crippen molar-refractivity contribution in [1.29, 1.82) is 0 Å². The second kappa shape index (κ2) is 1.82. The summed E-state index contributed by atoms with van der Waals surface area (Å²) in [6, 6.07) is 0. The summed E-state index contributed by atoms with van der Waals surface area (Å²) in [5.74, 6) is 4.15. The molecule has 0 radical (unpaired) electrons. The summed E-state index contributed by atoms with van der Waals surface area (Å²) in [5.41, 5.74) is 0. The van der Waals surface area contributed by atoms with E-state index < -0.39 is 10.4 Å². The molecular formula is H2FN3O2S. The number of nitrogens with zero attached hydrogens (tertiary/aromatic N) is 2. The summed E-state index contributed by atoms with van der Waals surface area (Å²) in [6.45, 7) is 0. The number of hydrogen-bond acceptors (Lipinski definition) is 3. The normalized spacial score (nSPS) is 12.7. The van der Waals surface area contributed by atoms with Crippen LogP contribution in [0.1, 0.15) is 0 Å². The van der Waals surface area contributed by atoms with E-state index in [4.69, 9.17) is 0 Å². The molecule has 0 amide bonds. The lowest BCUT2D eigenvalue weighted by molar-refractivity contribution is 0.550. The smallest absolute Gasteiger partial charge is 0.304 e. The second-order valence-corrected chi connectivity index (χ2v) is 1.60. The van der Waals surface area contributed by atoms with E-state index in [9.17, 15) is 12.3 Å². The molecule has 0 saturated heterocycles. The number of hydrogen-bond donors (Lipinski definition) is 1. The average Bonchev–Trinajstić information content (AvgIpc) is 1.30. The Morgan fingerprint density at radius 1 is 1.57 bits per heavy atom. The zero-order valence-corrected chi connectivity index (χ0v) is 3.89. The standard InChI is InChI=1S/FH2N3O2S/c1-7(5,6)4-3-2/h(H2,2,4). The van der Waals surface area contributed by atoms with Gasteiger partial charge in [0, 0.05) is 0 Å². The Morgan fingerprint density at radius 3 is 2.00 bits per heavy atom. The molecule has 7 heteroatoms. The second-order valence-electron chi connectivity index (χ2n) is 0.609. The Balaban J connectivity index is 4.13. The van der Waals surface area contributed by atoms with Gasteiger partial charge in [0.25, 0.3) is 0 Å². The van der Waals surface area contributed by atoms with E-state index in [-0.39, 0.29) is 0 Å². The van der Waals surface area contributed by atoms with E-state index in [0.717, 1.165) is 0 Å². The summed E-state index contributed by atoms with van der Waals surface area (Å²) in [5, 5.41) is 2.17. The van der Waals surface area contributed by atoms with Crippen LogP contribution in [0.25, 0.3) is 0 Å². The van der Waals surface area contributed by atoms with Crippen LogP contribution < -0.4 is 5.84 Å². The molecule has 0 fully saturated rings. The summed E-state index contributed by atoms with van der Waals surface area (Å²) >= 11 is 0. The molecule has 0 unspecified atom stereocenters. The predicted octanol–water partition coefficient (Wildman–Crippen LogP) is -0.473. The number of nitrogens with two attached hydrogens (primary N) is 1. The molecule has 2 N–H and O–H groups in total. The fraction of sp³-hybridized carbons (Fsp3) is 0. The average molecular weight is 127 g/mol. The van der Waals surface area contributed by atoms with Gasteiger partial charge in [0.2, 0.25) is 0 Å². The van der Waals surface area contributed by atoms with Gasteiger partial charge in [-0.3, -0.25) is 0 Å². The fourth-order valence-corrected chi connectivity index (χ4v) is 0.169. The highest BCUT2D eigenvalue weighted by Crippen LogP contribution is 1.89. The molecule has 0 aliphatic carbocycles. The summed E-state index contributed by atoms with van der Waals surface area (Å²) in [6.07, 6.45) is 0. The first kappa shape index (κ1) is 6.28. The minimum Gasteiger partial charge on any atom is -0.304 e. The van der Waals surface area contributed by atoms with Crippen LogP contribution in [0, 0.1) is 0 Å². The van der Waals surface area contributed by atoms with Crippen molar-refractivity contribution in [3.63, 3.8) is 0 Å². The van der Waals surface area contributed by atoms with Crippen LogP contribution in [-0.4, -0.2) is 8.42 Å². The van der Waals surface area contributed by atoms with Crippen LogP contribution in [0.15, 0.2) is 9.74 Å². The Kier molecular flexibility index (Phi) is 1.64. The van der Waals surface area contributed by atoms with E-state index in [0.29, 0.717) is 0 Å². The first-order valence-corrected chi connectivity index (χ1v) is 2.47. The van der Waals surface area contributed by atoms with Crippen LogP contribution in [0.5, 0.6) is 0 Å². The van der Waals surface area contributed by atoms with Gasteiger partial charge >= 0.3 is 10.4 Å². The summed E-state index contributed by atoms with van der Waals surface area (Å²) < 4.78 is 31.4. The zero-order valence-electron chi connectivity index (χ0n) is 3.07. The Labute approximate surface area is 39.4 Å². The van der Waals surface area contributed by atoms with Crippen molar-refractivity contribution in [2.45, 2.75) is 0 Å². The number of halogens is 1. The first-order chi connectivity index (χ1) is 3.06. The predicted molar refractivity (Wildman–Crippen MR) is 19.1 cm³/mol. The first-order valence-electron chi connectivity index (χ1n) is 1.13. The Hall–Kier alpha value is -0.720. The van der Waals surface area contributed by atoms with Crippen LogP contribution in [0.4, 0.5) is 3.89 Å². The van der Waals surface area contributed by atoms with Crippen molar-refractivity contribution in [2.75, 3.05) is 0 Å². The van der Waals surface area contributed by atoms with E-state index in [1.54, 1.807) is 0 Å². The van der Waals surface area contributed by atoms with Crippen LogP contribution in [0.3, 0.4) is 0 Å². The van der Waals surface area contributed by atoms with Crippen molar-refractivity contribution < 1.29 is 12.3 Å². The highest BCUT2D eigenvalue weighted by atomic mass is 32.3. The molecule has 0 bridgehead atoms. The minimum absolute atomic E-state index is 1.97. The van der Waals surface area contributed by atoms with Gasteiger partial charge in [0.05, 0.1) is 0 Å². The van der Waals surface area contributed by atoms with Crippen LogP contribution in [-0.2, 0) is 10.4 Å². The molecular weight excluding hydrogens is 125 g/mol. The Morgan fingerprint density at radius 2 is 2.00 bits per heavy atom. The van der Waals surface area contributed by atoms with Gasteiger partial charge in [-0.25, -0.2) is 0 Å². The van der Waals surface area contributed by atoms with Crippen molar-refractivity contribution in [1.82, 2.24) is 0 Å². The Bertz CT molecular complexity index is 156. The van der Waals surface area contributed by atoms with Crippen molar-refractivity contribution >= 4 is 10.4 Å². The highest BCUT2D eigenvalue weighted by molar-refractivity contribution is 7.84. The van der Waals surface area contributed by atoms with Gasteiger partial charge in [-0.15, -0.1) is 0 Å². The number of rotatable bonds is 1. The van der Waals surface area contributed by atoms with Crippen LogP contribution in [0.2, 0.25) is 0 Å². The third-order valence-corrected chi connectivity index (χ3v) is 0.434. The molecule has 0 aromatic rings. The summed E-state index contributed by atoms with van der Waals surface area (Å²) in [7, 11) is -4.84. The molecule has 0 aromatic carbocycles. The monoisotopic (exact) mass is 127 g/mol. The molecule has 0 spiro atoms. The zero-order chi connectivity index (χ0) is 5.91. The van der Waals surface area contributed by atoms with Gasteiger partial charge in [0.15, 0.2) is 0 Å². The maximum atomic E-state index is 11.0. The molecule has 7 heavy (non-hydrogen) atoms.